The van der Waals surface area contributed by atoms with Gasteiger partial charge in [0.25, 0.3) is 0 Å². The van der Waals surface area contributed by atoms with Crippen LogP contribution < -0.4 is 0 Å². The Morgan fingerprint density at radius 3 is 1.26 bits per heavy atom. The van der Waals surface area contributed by atoms with Gasteiger partial charge in [0.2, 0.25) is 0 Å². The van der Waals surface area contributed by atoms with Crippen LogP contribution in [0.1, 0.15) is 226 Å². The second-order valence-corrected chi connectivity index (χ2v) is 14.5. The number of allylic oxidation sites excluding steroid dienone is 8. The van der Waals surface area contributed by atoms with Crippen molar-refractivity contribution in [3.63, 3.8) is 0 Å². The smallest absolute Gasteiger partial charge is 0.306 e. The zero-order valence-electron chi connectivity index (χ0n) is 33.2. The molecular formula is C46H82O4. The van der Waals surface area contributed by atoms with Gasteiger partial charge in [-0.3, -0.25) is 9.59 Å². The lowest BCUT2D eigenvalue weighted by Gasteiger charge is -2.17. The summed E-state index contributed by atoms with van der Waals surface area (Å²) in [6.45, 7) is 4.44. The van der Waals surface area contributed by atoms with Crippen molar-refractivity contribution in [1.29, 1.82) is 0 Å². The molecule has 0 saturated heterocycles. The molecule has 0 spiro atoms. The summed E-state index contributed by atoms with van der Waals surface area (Å²) in [4.78, 5) is 23.0. The molecule has 0 aromatic rings. The van der Waals surface area contributed by atoms with Crippen molar-refractivity contribution in [2.75, 3.05) is 0 Å². The molecular weight excluding hydrogens is 617 g/mol. The third-order valence-corrected chi connectivity index (χ3v) is 9.53. The van der Waals surface area contributed by atoms with Crippen LogP contribution in [-0.4, -0.2) is 23.1 Å². The molecule has 0 aromatic carbocycles. The van der Waals surface area contributed by atoms with Gasteiger partial charge in [-0.25, -0.2) is 0 Å². The lowest BCUT2D eigenvalue weighted by atomic mass is 10.0. The maximum absolute atomic E-state index is 12.5. The molecule has 0 aliphatic rings. The van der Waals surface area contributed by atoms with Crippen molar-refractivity contribution in [3.8, 4) is 0 Å². The molecule has 0 amide bonds. The minimum Gasteiger partial charge on any atom is -0.481 e. The van der Waals surface area contributed by atoms with Crippen molar-refractivity contribution in [3.05, 3.63) is 48.6 Å². The highest BCUT2D eigenvalue weighted by Gasteiger charge is 2.13. The van der Waals surface area contributed by atoms with Crippen molar-refractivity contribution in [2.45, 2.75) is 232 Å². The molecule has 0 aliphatic heterocycles. The molecule has 0 aliphatic carbocycles. The van der Waals surface area contributed by atoms with Crippen LogP contribution in [0.3, 0.4) is 0 Å². The maximum Gasteiger partial charge on any atom is 0.306 e. The second-order valence-electron chi connectivity index (χ2n) is 14.5. The predicted molar refractivity (Wildman–Crippen MR) is 218 cm³/mol. The van der Waals surface area contributed by atoms with E-state index in [1.54, 1.807) is 0 Å². The Kier molecular flexibility index (Phi) is 39.6. The molecule has 1 atom stereocenters. The summed E-state index contributed by atoms with van der Waals surface area (Å²) in [6, 6.07) is 0. The average molecular weight is 699 g/mol. The first kappa shape index (κ1) is 47.9. The fourth-order valence-electron chi connectivity index (χ4n) is 6.40. The molecule has 0 bridgehead atoms. The van der Waals surface area contributed by atoms with Crippen LogP contribution >= 0.6 is 0 Å². The van der Waals surface area contributed by atoms with E-state index in [2.05, 4.69) is 62.5 Å². The van der Waals surface area contributed by atoms with Crippen LogP contribution in [0.2, 0.25) is 0 Å². The van der Waals surface area contributed by atoms with Crippen LogP contribution in [0, 0.1) is 0 Å². The number of carboxylic acids is 1. The number of carbonyl (C=O) groups excluding carboxylic acids is 1. The number of aliphatic carboxylic acids is 1. The standard InChI is InChI=1S/C46H82O4/c1-3-5-6-7-8-9-10-11-12-13-14-15-16-17-21-24-27-30-33-36-39-43-46(49)50-44(40-4-2)41-37-34-31-28-25-22-19-18-20-23-26-29-32-35-38-42-45(47)48/h8-9,11-12,14-15,17,21,44H,3-7,10,13,16,18-20,22-43H2,1-2H3,(H,47,48)/b9-8-,12-11-,15-14-,21-17-. The highest BCUT2D eigenvalue weighted by molar-refractivity contribution is 5.69. The van der Waals surface area contributed by atoms with Gasteiger partial charge in [0.05, 0.1) is 0 Å². The third-order valence-electron chi connectivity index (χ3n) is 9.53. The Hall–Kier alpha value is -2.10. The first-order chi connectivity index (χ1) is 24.6. The summed E-state index contributed by atoms with van der Waals surface area (Å²) in [5, 5.41) is 8.67. The summed E-state index contributed by atoms with van der Waals surface area (Å²) in [6.07, 6.45) is 56.3. The topological polar surface area (TPSA) is 63.6 Å². The minimum atomic E-state index is -0.666. The number of unbranched alkanes of at least 4 members (excludes halogenated alkanes) is 22. The maximum atomic E-state index is 12.5. The largest absolute Gasteiger partial charge is 0.481 e. The number of carbonyl (C=O) groups is 2. The molecule has 0 radical (unpaired) electrons. The number of esters is 1. The van der Waals surface area contributed by atoms with Crippen molar-refractivity contribution < 1.29 is 19.4 Å². The van der Waals surface area contributed by atoms with E-state index in [-0.39, 0.29) is 12.1 Å². The van der Waals surface area contributed by atoms with Crippen LogP contribution in [-0.2, 0) is 14.3 Å². The fourth-order valence-corrected chi connectivity index (χ4v) is 6.40. The van der Waals surface area contributed by atoms with Crippen molar-refractivity contribution in [2.24, 2.45) is 0 Å². The summed E-state index contributed by atoms with van der Waals surface area (Å²) >= 11 is 0. The normalized spacial score (nSPS) is 12.7. The van der Waals surface area contributed by atoms with Crippen LogP contribution in [0.25, 0.3) is 0 Å². The van der Waals surface area contributed by atoms with Gasteiger partial charge in [-0.05, 0) is 77.0 Å². The highest BCUT2D eigenvalue weighted by Crippen LogP contribution is 2.17. The van der Waals surface area contributed by atoms with E-state index in [9.17, 15) is 9.59 Å². The molecule has 1 unspecified atom stereocenters. The van der Waals surface area contributed by atoms with Crippen LogP contribution in [0.4, 0.5) is 0 Å². The van der Waals surface area contributed by atoms with E-state index in [0.717, 1.165) is 70.6 Å². The summed E-state index contributed by atoms with van der Waals surface area (Å²) < 4.78 is 5.89. The Balaban J connectivity index is 3.59. The molecule has 50 heavy (non-hydrogen) atoms. The van der Waals surface area contributed by atoms with Gasteiger partial charge in [0, 0.05) is 12.8 Å². The number of hydrogen-bond donors (Lipinski definition) is 1. The number of ether oxygens (including phenoxy) is 1. The second kappa shape index (κ2) is 41.3. The van der Waals surface area contributed by atoms with E-state index >= 15 is 0 Å². The highest BCUT2D eigenvalue weighted by atomic mass is 16.5. The van der Waals surface area contributed by atoms with E-state index in [1.165, 1.54) is 128 Å². The van der Waals surface area contributed by atoms with Gasteiger partial charge in [0.15, 0.2) is 0 Å². The van der Waals surface area contributed by atoms with Crippen LogP contribution in [0.5, 0.6) is 0 Å². The summed E-state index contributed by atoms with van der Waals surface area (Å²) in [7, 11) is 0. The minimum absolute atomic E-state index is 0.0142. The Labute approximate surface area is 311 Å². The zero-order valence-corrected chi connectivity index (χ0v) is 33.2. The molecule has 0 heterocycles. The van der Waals surface area contributed by atoms with E-state index in [0.29, 0.717) is 12.8 Å². The molecule has 0 aromatic heterocycles. The molecule has 0 rings (SSSR count). The summed E-state index contributed by atoms with van der Waals surface area (Å²) in [5.74, 6) is -0.652. The van der Waals surface area contributed by atoms with E-state index in [4.69, 9.17) is 9.84 Å². The van der Waals surface area contributed by atoms with Crippen molar-refractivity contribution in [1.82, 2.24) is 0 Å². The van der Waals surface area contributed by atoms with Gasteiger partial charge in [-0.15, -0.1) is 0 Å². The molecule has 290 valence electrons. The lowest BCUT2D eigenvalue weighted by Crippen LogP contribution is -2.18. The summed E-state index contributed by atoms with van der Waals surface area (Å²) in [5.41, 5.74) is 0. The lowest BCUT2D eigenvalue weighted by molar-refractivity contribution is -0.150. The first-order valence-corrected chi connectivity index (χ1v) is 21.6. The monoisotopic (exact) mass is 699 g/mol. The molecule has 4 heteroatoms. The number of rotatable bonds is 39. The number of carboxylic acid groups (broad SMARTS) is 1. The quantitative estimate of drug-likeness (QED) is 0.0394. The van der Waals surface area contributed by atoms with Gasteiger partial charge in [0.1, 0.15) is 6.10 Å². The Morgan fingerprint density at radius 1 is 0.440 bits per heavy atom. The van der Waals surface area contributed by atoms with Crippen LogP contribution in [0.15, 0.2) is 48.6 Å². The van der Waals surface area contributed by atoms with Gasteiger partial charge < -0.3 is 9.84 Å². The predicted octanol–water partition coefficient (Wildman–Crippen LogP) is 15.1. The Bertz CT molecular complexity index is 839. The van der Waals surface area contributed by atoms with Gasteiger partial charge in [-0.1, -0.05) is 184 Å². The van der Waals surface area contributed by atoms with Gasteiger partial charge in [-0.2, -0.15) is 0 Å². The molecule has 4 nitrogen and oxygen atoms in total. The molecule has 0 saturated carbocycles. The average Bonchev–Trinajstić information content (AvgIpc) is 3.10. The fraction of sp³-hybridized carbons (Fsp3) is 0.783. The molecule has 1 N–H and O–H groups in total. The van der Waals surface area contributed by atoms with Crippen molar-refractivity contribution >= 4 is 11.9 Å². The van der Waals surface area contributed by atoms with Gasteiger partial charge >= 0.3 is 11.9 Å². The SMILES string of the molecule is CCCCC/C=C\C/C=C\C/C=C\C/C=C\CCCCCCCC(=O)OC(CCC)CCCCCCCCCCCCCCCCCC(=O)O. The molecule has 0 fully saturated rings. The Morgan fingerprint density at radius 2 is 0.820 bits per heavy atom. The number of hydrogen-bond acceptors (Lipinski definition) is 3. The zero-order chi connectivity index (χ0) is 36.4. The first-order valence-electron chi connectivity index (χ1n) is 21.6. The third kappa shape index (κ3) is 40.3. The van der Waals surface area contributed by atoms with E-state index < -0.39 is 5.97 Å². The van der Waals surface area contributed by atoms with E-state index in [1.807, 2.05) is 0 Å².